The number of amides is 3. The Hall–Kier alpha value is -3.22. The van der Waals surface area contributed by atoms with Crippen molar-refractivity contribution in [3.05, 3.63) is 54.1 Å². The summed E-state index contributed by atoms with van der Waals surface area (Å²) in [6.07, 6.45) is 2.07. The fourth-order valence-electron chi connectivity index (χ4n) is 2.41. The molecule has 3 N–H and O–H groups in total. The highest BCUT2D eigenvalue weighted by atomic mass is 16.5. The summed E-state index contributed by atoms with van der Waals surface area (Å²) in [7, 11) is 1.60. The van der Waals surface area contributed by atoms with Gasteiger partial charge in [-0.15, -0.1) is 0 Å². The Morgan fingerprint density at radius 3 is 2.52 bits per heavy atom. The van der Waals surface area contributed by atoms with Crippen LogP contribution >= 0.6 is 0 Å². The highest BCUT2D eigenvalue weighted by Gasteiger charge is 2.23. The molecule has 0 saturated heterocycles. The molecule has 0 atom stereocenters. The molecule has 0 aromatic heterocycles. The molecule has 0 aliphatic heterocycles. The average molecular weight is 369 g/mol. The van der Waals surface area contributed by atoms with E-state index in [1.807, 2.05) is 18.2 Å². The van der Waals surface area contributed by atoms with Crippen LogP contribution in [0, 0.1) is 0 Å². The third-order valence-electron chi connectivity index (χ3n) is 4.02. The third-order valence-corrected chi connectivity index (χ3v) is 4.02. The molecule has 1 aliphatic carbocycles. The highest BCUT2D eigenvalue weighted by molar-refractivity contribution is 5.95. The van der Waals surface area contributed by atoms with Gasteiger partial charge in [-0.3, -0.25) is 4.79 Å². The minimum absolute atomic E-state index is 0.196. The maximum absolute atomic E-state index is 12.2. The van der Waals surface area contributed by atoms with Crippen LogP contribution in [0.15, 0.2) is 48.5 Å². The minimum atomic E-state index is -0.218. The Morgan fingerprint density at radius 2 is 1.81 bits per heavy atom. The fraction of sp³-hybridized carbons (Fsp3) is 0.300. The van der Waals surface area contributed by atoms with E-state index in [9.17, 15) is 9.59 Å². The zero-order valence-corrected chi connectivity index (χ0v) is 15.2. The Bertz CT molecular complexity index is 788. The molecule has 0 bridgehead atoms. The average Bonchev–Trinajstić information content (AvgIpc) is 3.49. The molecule has 0 radical (unpaired) electrons. The summed E-state index contributed by atoms with van der Waals surface area (Å²) in [5.74, 6) is 1.21. The Labute approximate surface area is 158 Å². The number of urea groups is 1. The number of nitrogens with one attached hydrogen (secondary N) is 3. The van der Waals surface area contributed by atoms with Crippen LogP contribution in [0.1, 0.15) is 23.2 Å². The summed E-state index contributed by atoms with van der Waals surface area (Å²) in [4.78, 5) is 23.8. The van der Waals surface area contributed by atoms with E-state index in [0.717, 1.165) is 18.6 Å². The molecule has 7 nitrogen and oxygen atoms in total. The van der Waals surface area contributed by atoms with Gasteiger partial charge in [-0.25, -0.2) is 4.79 Å². The van der Waals surface area contributed by atoms with Crippen molar-refractivity contribution in [2.24, 2.45) is 0 Å². The van der Waals surface area contributed by atoms with Crippen molar-refractivity contribution in [1.29, 1.82) is 0 Å². The number of rotatable bonds is 8. The van der Waals surface area contributed by atoms with Crippen molar-refractivity contribution in [2.45, 2.75) is 18.9 Å². The summed E-state index contributed by atoms with van der Waals surface area (Å²) >= 11 is 0. The van der Waals surface area contributed by atoms with Crippen molar-refractivity contribution in [3.63, 3.8) is 0 Å². The molecule has 1 fully saturated rings. The van der Waals surface area contributed by atoms with Gasteiger partial charge in [0.05, 0.1) is 13.7 Å². The van der Waals surface area contributed by atoms with Gasteiger partial charge >= 0.3 is 6.03 Å². The molecule has 0 spiro atoms. The van der Waals surface area contributed by atoms with Crippen LogP contribution in [0.25, 0.3) is 0 Å². The normalized spacial score (nSPS) is 12.8. The molecule has 3 amide bonds. The van der Waals surface area contributed by atoms with E-state index in [2.05, 4.69) is 16.0 Å². The van der Waals surface area contributed by atoms with E-state index in [0.29, 0.717) is 36.2 Å². The maximum atomic E-state index is 12.2. The molecular weight excluding hydrogens is 346 g/mol. The molecular formula is C20H23N3O4. The smallest absolute Gasteiger partial charge is 0.319 e. The second kappa shape index (κ2) is 8.93. The van der Waals surface area contributed by atoms with E-state index >= 15 is 0 Å². The van der Waals surface area contributed by atoms with Crippen molar-refractivity contribution in [1.82, 2.24) is 10.6 Å². The van der Waals surface area contributed by atoms with Gasteiger partial charge in [0.2, 0.25) is 0 Å². The van der Waals surface area contributed by atoms with Crippen LogP contribution in [0.2, 0.25) is 0 Å². The van der Waals surface area contributed by atoms with Crippen molar-refractivity contribution in [2.75, 3.05) is 25.6 Å². The lowest BCUT2D eigenvalue weighted by molar-refractivity contribution is 0.0947. The molecule has 2 aromatic carbocycles. The van der Waals surface area contributed by atoms with Crippen LogP contribution in [0.3, 0.4) is 0 Å². The van der Waals surface area contributed by atoms with Gasteiger partial charge in [0.25, 0.3) is 5.91 Å². The standard InChI is InChI=1S/C20H23N3O4/c1-26-17-3-2-4-18(13-17)27-12-11-21-19(24)14-5-7-15(8-6-14)22-20(25)23-16-9-10-16/h2-8,13,16H,9-12H2,1H3,(H,21,24)(H2,22,23,25). The molecule has 0 unspecified atom stereocenters. The van der Waals surface area contributed by atoms with Gasteiger partial charge in [0.15, 0.2) is 0 Å². The van der Waals surface area contributed by atoms with E-state index < -0.39 is 0 Å². The highest BCUT2D eigenvalue weighted by Crippen LogP contribution is 2.19. The third kappa shape index (κ3) is 5.91. The van der Waals surface area contributed by atoms with Crippen molar-refractivity contribution < 1.29 is 19.1 Å². The zero-order chi connectivity index (χ0) is 19.1. The molecule has 1 saturated carbocycles. The summed E-state index contributed by atoms with van der Waals surface area (Å²) in [5, 5.41) is 8.39. The van der Waals surface area contributed by atoms with Gasteiger partial charge in [-0.2, -0.15) is 0 Å². The fourth-order valence-corrected chi connectivity index (χ4v) is 2.41. The molecule has 1 aliphatic rings. The first-order valence-electron chi connectivity index (χ1n) is 8.86. The predicted octanol–water partition coefficient (Wildman–Crippen LogP) is 2.79. The van der Waals surface area contributed by atoms with Gasteiger partial charge in [-0.05, 0) is 49.2 Å². The van der Waals surface area contributed by atoms with Crippen molar-refractivity contribution >= 4 is 17.6 Å². The monoisotopic (exact) mass is 369 g/mol. The second-order valence-corrected chi connectivity index (χ2v) is 6.23. The molecule has 27 heavy (non-hydrogen) atoms. The van der Waals surface area contributed by atoms with E-state index in [-0.39, 0.29) is 11.9 Å². The maximum Gasteiger partial charge on any atom is 0.319 e. The van der Waals surface area contributed by atoms with Crippen LogP contribution < -0.4 is 25.4 Å². The lowest BCUT2D eigenvalue weighted by atomic mass is 10.2. The van der Waals surface area contributed by atoms with Crippen LogP contribution in [-0.2, 0) is 0 Å². The van der Waals surface area contributed by atoms with Crippen LogP contribution in [0.4, 0.5) is 10.5 Å². The lowest BCUT2D eigenvalue weighted by Crippen LogP contribution is -2.30. The topological polar surface area (TPSA) is 88.7 Å². The Morgan fingerprint density at radius 1 is 1.07 bits per heavy atom. The first kappa shape index (κ1) is 18.6. The molecule has 3 rings (SSSR count). The first-order valence-corrected chi connectivity index (χ1v) is 8.86. The van der Waals surface area contributed by atoms with Crippen LogP contribution in [-0.4, -0.2) is 38.2 Å². The number of anilines is 1. The molecule has 0 heterocycles. The summed E-state index contributed by atoms with van der Waals surface area (Å²) in [6, 6.07) is 14.1. The van der Waals surface area contributed by atoms with Crippen LogP contribution in [0.5, 0.6) is 11.5 Å². The number of methoxy groups -OCH3 is 1. The van der Waals surface area contributed by atoms with E-state index in [4.69, 9.17) is 9.47 Å². The number of benzene rings is 2. The summed E-state index contributed by atoms with van der Waals surface area (Å²) in [5.41, 5.74) is 1.16. The van der Waals surface area contributed by atoms with E-state index in [1.165, 1.54) is 0 Å². The number of hydrogen-bond donors (Lipinski definition) is 3. The Kier molecular flexibility index (Phi) is 6.14. The zero-order valence-electron chi connectivity index (χ0n) is 15.2. The summed E-state index contributed by atoms with van der Waals surface area (Å²) in [6.45, 7) is 0.722. The summed E-state index contributed by atoms with van der Waals surface area (Å²) < 4.78 is 10.7. The van der Waals surface area contributed by atoms with Gasteiger partial charge in [0, 0.05) is 23.4 Å². The second-order valence-electron chi connectivity index (χ2n) is 6.23. The SMILES string of the molecule is COc1cccc(OCCNC(=O)c2ccc(NC(=O)NC3CC3)cc2)c1. The first-order chi connectivity index (χ1) is 13.1. The molecule has 142 valence electrons. The van der Waals surface area contributed by atoms with Gasteiger partial charge in [0.1, 0.15) is 18.1 Å². The quantitative estimate of drug-likeness (QED) is 0.624. The lowest BCUT2D eigenvalue weighted by Gasteiger charge is -2.10. The van der Waals surface area contributed by atoms with Gasteiger partial charge in [-0.1, -0.05) is 6.07 Å². The molecule has 2 aromatic rings. The van der Waals surface area contributed by atoms with E-state index in [1.54, 1.807) is 37.4 Å². The number of carbonyl (C=O) groups is 2. The minimum Gasteiger partial charge on any atom is -0.497 e. The van der Waals surface area contributed by atoms with Crippen molar-refractivity contribution in [3.8, 4) is 11.5 Å². The molecule has 7 heteroatoms. The number of hydrogen-bond acceptors (Lipinski definition) is 4. The van der Waals surface area contributed by atoms with Gasteiger partial charge < -0.3 is 25.4 Å². The Balaban J connectivity index is 1.40. The largest absolute Gasteiger partial charge is 0.497 e. The number of ether oxygens (including phenoxy) is 2. The predicted molar refractivity (Wildman–Crippen MR) is 102 cm³/mol. The number of carbonyl (C=O) groups excluding carboxylic acids is 2.